The Morgan fingerprint density at radius 1 is 0.800 bits per heavy atom. The maximum Gasteiger partial charge on any atom is 0.309 e. The van der Waals surface area contributed by atoms with Gasteiger partial charge in [0, 0.05) is 29.8 Å². The summed E-state index contributed by atoms with van der Waals surface area (Å²) in [7, 11) is 0. The number of hydrazine groups is 1. The van der Waals surface area contributed by atoms with Gasteiger partial charge in [-0.15, -0.1) is 5.10 Å². The molecule has 9 heteroatoms. The van der Waals surface area contributed by atoms with Gasteiger partial charge in [-0.2, -0.15) is 0 Å². The molecule has 0 aliphatic carbocycles. The van der Waals surface area contributed by atoms with Crippen LogP contribution < -0.4 is 15.8 Å². The molecular weight excluding hydrogens is 444 g/mol. The van der Waals surface area contributed by atoms with Crippen molar-refractivity contribution < 1.29 is 14.4 Å². The van der Waals surface area contributed by atoms with Crippen LogP contribution in [0.15, 0.2) is 84.9 Å². The summed E-state index contributed by atoms with van der Waals surface area (Å²) in [4.78, 5) is 43.6. The third-order valence-corrected chi connectivity index (χ3v) is 5.63. The smallest absolute Gasteiger partial charge is 0.309 e. The molecule has 1 saturated heterocycles. The molecule has 2 heterocycles. The van der Waals surface area contributed by atoms with E-state index in [0.717, 1.165) is 17.7 Å². The van der Waals surface area contributed by atoms with E-state index < -0.39 is 11.8 Å². The van der Waals surface area contributed by atoms with Crippen molar-refractivity contribution in [1.29, 1.82) is 0 Å². The molecule has 1 aromatic heterocycles. The van der Waals surface area contributed by atoms with Crippen molar-refractivity contribution in [2.45, 2.75) is 12.8 Å². The van der Waals surface area contributed by atoms with E-state index in [1.54, 1.807) is 33.8 Å². The first-order valence-corrected chi connectivity index (χ1v) is 11.2. The van der Waals surface area contributed by atoms with E-state index in [1.165, 1.54) is 0 Å². The van der Waals surface area contributed by atoms with Crippen molar-refractivity contribution in [3.05, 3.63) is 96.3 Å². The van der Waals surface area contributed by atoms with E-state index in [4.69, 9.17) is 0 Å². The summed E-state index contributed by atoms with van der Waals surface area (Å²) in [6.45, 7) is 0.625. The number of anilines is 1. The Labute approximate surface area is 201 Å². The second kappa shape index (κ2) is 9.60. The average Bonchev–Trinajstić information content (AvgIpc) is 3.55. The number of rotatable bonds is 5. The van der Waals surface area contributed by atoms with Crippen molar-refractivity contribution in [2.75, 3.05) is 11.4 Å². The normalized spacial score (nSPS) is 13.0. The molecule has 0 radical (unpaired) electrons. The lowest BCUT2D eigenvalue weighted by molar-refractivity contribution is -0.117. The molecule has 0 spiro atoms. The number of nitrogens with one attached hydrogen (secondary N) is 2. The lowest BCUT2D eigenvalue weighted by Gasteiger charge is -2.16. The Balaban J connectivity index is 1.34. The first-order chi connectivity index (χ1) is 17.1. The number of hydrogen-bond acceptors (Lipinski definition) is 5. The maximum absolute atomic E-state index is 12.8. The standard InChI is InChI=1S/C26H22N6O3/c33-22-15-8-16-31(22)21-14-7-11-19(17-21)25(34)28-29-26(35)23-27-24(18-9-3-1-4-10-18)32(30-23)20-12-5-2-6-13-20/h1-7,9-14,17H,8,15-16H2,(H,28,34)(H,29,35). The van der Waals surface area contributed by atoms with Crippen LogP contribution in [0.3, 0.4) is 0 Å². The largest absolute Gasteiger partial charge is 0.312 e. The van der Waals surface area contributed by atoms with E-state index in [2.05, 4.69) is 20.9 Å². The first-order valence-electron chi connectivity index (χ1n) is 11.2. The van der Waals surface area contributed by atoms with Crippen LogP contribution in [-0.4, -0.2) is 39.0 Å². The van der Waals surface area contributed by atoms with E-state index in [9.17, 15) is 14.4 Å². The van der Waals surface area contributed by atoms with Crippen molar-refractivity contribution in [3.8, 4) is 17.1 Å². The number of aromatic nitrogens is 3. The Bertz CT molecular complexity index is 1330. The van der Waals surface area contributed by atoms with E-state index in [1.807, 2.05) is 60.7 Å². The minimum absolute atomic E-state index is 0.0326. The van der Waals surface area contributed by atoms with E-state index in [0.29, 0.717) is 30.0 Å². The van der Waals surface area contributed by atoms with Crippen molar-refractivity contribution in [3.63, 3.8) is 0 Å². The van der Waals surface area contributed by atoms with Crippen LogP contribution in [0.25, 0.3) is 17.1 Å². The number of benzene rings is 3. The third-order valence-electron chi connectivity index (χ3n) is 5.63. The average molecular weight is 467 g/mol. The molecule has 3 amide bonds. The SMILES string of the molecule is O=C(NNC(=O)c1nc(-c2ccccc2)n(-c2ccccc2)n1)c1cccc(N2CCCC2=O)c1. The molecule has 35 heavy (non-hydrogen) atoms. The van der Waals surface area contributed by atoms with Crippen molar-refractivity contribution in [1.82, 2.24) is 25.6 Å². The fourth-order valence-corrected chi connectivity index (χ4v) is 3.91. The van der Waals surface area contributed by atoms with Crippen molar-refractivity contribution >= 4 is 23.4 Å². The summed E-state index contributed by atoms with van der Waals surface area (Å²) >= 11 is 0. The highest BCUT2D eigenvalue weighted by Gasteiger charge is 2.23. The monoisotopic (exact) mass is 466 g/mol. The molecule has 0 bridgehead atoms. The molecule has 0 saturated carbocycles. The molecule has 0 unspecified atom stereocenters. The minimum atomic E-state index is -0.656. The zero-order valence-corrected chi connectivity index (χ0v) is 18.7. The molecule has 1 fully saturated rings. The summed E-state index contributed by atoms with van der Waals surface area (Å²) in [6, 6.07) is 25.5. The molecule has 5 rings (SSSR count). The van der Waals surface area contributed by atoms with Crippen molar-refractivity contribution in [2.24, 2.45) is 0 Å². The summed E-state index contributed by atoms with van der Waals surface area (Å²) < 4.78 is 1.59. The predicted octanol–water partition coefficient (Wildman–Crippen LogP) is 3.14. The predicted molar refractivity (Wildman–Crippen MR) is 130 cm³/mol. The number of para-hydroxylation sites is 1. The number of carbonyl (C=O) groups excluding carboxylic acids is 3. The molecule has 1 aliphatic rings. The molecule has 0 atom stereocenters. The van der Waals surface area contributed by atoms with Gasteiger partial charge < -0.3 is 4.90 Å². The molecular formula is C26H22N6O3. The van der Waals surface area contributed by atoms with Crippen LogP contribution in [0.4, 0.5) is 5.69 Å². The van der Waals surface area contributed by atoms with Gasteiger partial charge in [0.15, 0.2) is 5.82 Å². The topological polar surface area (TPSA) is 109 Å². The lowest BCUT2D eigenvalue weighted by atomic mass is 10.2. The molecule has 1 aliphatic heterocycles. The van der Waals surface area contributed by atoms with E-state index >= 15 is 0 Å². The molecule has 174 valence electrons. The van der Waals surface area contributed by atoms with Gasteiger partial charge in [0.2, 0.25) is 11.7 Å². The first kappa shape index (κ1) is 22.0. The maximum atomic E-state index is 12.8. The number of amides is 3. The summed E-state index contributed by atoms with van der Waals surface area (Å²) in [6.07, 6.45) is 1.29. The quantitative estimate of drug-likeness (QED) is 0.439. The molecule has 3 aromatic carbocycles. The van der Waals surface area contributed by atoms with Crippen LogP contribution in [0.1, 0.15) is 33.8 Å². The Kier molecular flexibility index (Phi) is 6.04. The van der Waals surface area contributed by atoms with Gasteiger partial charge in [0.05, 0.1) is 5.69 Å². The van der Waals surface area contributed by atoms with Gasteiger partial charge in [-0.1, -0.05) is 54.6 Å². The minimum Gasteiger partial charge on any atom is -0.312 e. The second-order valence-electron chi connectivity index (χ2n) is 7.98. The summed E-state index contributed by atoms with van der Waals surface area (Å²) in [5, 5.41) is 4.38. The van der Waals surface area contributed by atoms with Gasteiger partial charge in [0.1, 0.15) is 0 Å². The van der Waals surface area contributed by atoms with Crippen LogP contribution >= 0.6 is 0 Å². The highest BCUT2D eigenvalue weighted by molar-refractivity contribution is 6.00. The van der Waals surface area contributed by atoms with Gasteiger partial charge in [-0.3, -0.25) is 25.2 Å². The fraction of sp³-hybridized carbons (Fsp3) is 0.115. The van der Waals surface area contributed by atoms with Gasteiger partial charge in [0.25, 0.3) is 5.91 Å². The van der Waals surface area contributed by atoms with Crippen LogP contribution in [0, 0.1) is 0 Å². The zero-order chi connectivity index (χ0) is 24.2. The summed E-state index contributed by atoms with van der Waals surface area (Å²) in [5.41, 5.74) is 7.29. The van der Waals surface area contributed by atoms with Gasteiger partial charge in [-0.05, 0) is 36.8 Å². The Hall–Kier alpha value is -4.79. The second-order valence-corrected chi connectivity index (χ2v) is 7.98. The summed E-state index contributed by atoms with van der Waals surface area (Å²) in [5.74, 6) is -0.737. The van der Waals surface area contributed by atoms with Gasteiger partial charge >= 0.3 is 5.91 Å². The highest BCUT2D eigenvalue weighted by Crippen LogP contribution is 2.23. The van der Waals surface area contributed by atoms with E-state index in [-0.39, 0.29) is 11.7 Å². The number of hydrogen-bond donors (Lipinski definition) is 2. The zero-order valence-electron chi connectivity index (χ0n) is 18.7. The highest BCUT2D eigenvalue weighted by atomic mass is 16.2. The lowest BCUT2D eigenvalue weighted by Crippen LogP contribution is -2.42. The molecule has 4 aromatic rings. The number of nitrogens with zero attached hydrogens (tertiary/aromatic N) is 4. The van der Waals surface area contributed by atoms with Crippen LogP contribution in [-0.2, 0) is 4.79 Å². The van der Waals surface area contributed by atoms with Crippen LogP contribution in [0.2, 0.25) is 0 Å². The molecule has 2 N–H and O–H groups in total. The Morgan fingerprint density at radius 3 is 2.20 bits per heavy atom. The Morgan fingerprint density at radius 2 is 1.49 bits per heavy atom. The molecule has 9 nitrogen and oxygen atoms in total. The third kappa shape index (κ3) is 4.65. The fourth-order valence-electron chi connectivity index (χ4n) is 3.91. The van der Waals surface area contributed by atoms with Crippen LogP contribution in [0.5, 0.6) is 0 Å². The van der Waals surface area contributed by atoms with Gasteiger partial charge in [-0.25, -0.2) is 9.67 Å². The number of carbonyl (C=O) groups is 3.